The molecule has 0 spiro atoms. The van der Waals surface area contributed by atoms with Gasteiger partial charge in [-0.05, 0) is 26.7 Å². The first-order chi connectivity index (χ1) is 10.3. The van der Waals surface area contributed by atoms with Gasteiger partial charge in [0.1, 0.15) is 0 Å². The molecule has 0 aromatic heterocycles. The third kappa shape index (κ3) is 3.75. The Hall–Kier alpha value is -2.12. The van der Waals surface area contributed by atoms with Gasteiger partial charge in [-0.1, -0.05) is 0 Å². The van der Waals surface area contributed by atoms with E-state index in [1.807, 2.05) is 0 Å². The van der Waals surface area contributed by atoms with Gasteiger partial charge in [-0.3, -0.25) is 19.2 Å². The standard InChI is InChI=1S/C14H20O8/c1-3-21-13(19)8-6-5-7(11(15)16)9(12(17)18)10(8)14(20)22-4-2/h7-10H,3-6H2,1-2H3,(H,15,16)(H,17,18). The summed E-state index contributed by atoms with van der Waals surface area (Å²) in [6.45, 7) is 3.24. The number of carbonyl (C=O) groups excluding carboxylic acids is 2. The van der Waals surface area contributed by atoms with Crippen LogP contribution in [0.2, 0.25) is 0 Å². The Kier molecular flexibility index (Phi) is 6.33. The molecule has 124 valence electrons. The number of hydrogen-bond acceptors (Lipinski definition) is 6. The topological polar surface area (TPSA) is 127 Å². The minimum absolute atomic E-state index is 0.00825. The molecular weight excluding hydrogens is 296 g/mol. The van der Waals surface area contributed by atoms with Gasteiger partial charge < -0.3 is 19.7 Å². The number of ether oxygens (including phenoxy) is 2. The van der Waals surface area contributed by atoms with Crippen molar-refractivity contribution in [3.63, 3.8) is 0 Å². The summed E-state index contributed by atoms with van der Waals surface area (Å²) in [5.41, 5.74) is 0. The van der Waals surface area contributed by atoms with E-state index in [0.717, 1.165) is 0 Å². The van der Waals surface area contributed by atoms with Crippen LogP contribution in [-0.2, 0) is 28.7 Å². The largest absolute Gasteiger partial charge is 0.481 e. The van der Waals surface area contributed by atoms with Crippen LogP contribution in [0.5, 0.6) is 0 Å². The van der Waals surface area contributed by atoms with Gasteiger partial charge >= 0.3 is 23.9 Å². The van der Waals surface area contributed by atoms with E-state index in [1.54, 1.807) is 13.8 Å². The van der Waals surface area contributed by atoms with Gasteiger partial charge in [-0.25, -0.2) is 0 Å². The molecule has 0 radical (unpaired) electrons. The Bertz CT molecular complexity index is 458. The zero-order chi connectivity index (χ0) is 16.9. The minimum atomic E-state index is -1.51. The number of aliphatic carboxylic acids is 2. The third-order valence-corrected chi connectivity index (χ3v) is 3.79. The number of carboxylic acid groups (broad SMARTS) is 2. The first-order valence-corrected chi connectivity index (χ1v) is 7.13. The van der Waals surface area contributed by atoms with Crippen molar-refractivity contribution in [3.05, 3.63) is 0 Å². The molecule has 8 nitrogen and oxygen atoms in total. The predicted octanol–water partition coefficient (Wildman–Crippen LogP) is 0.540. The van der Waals surface area contributed by atoms with Crippen LogP contribution in [0.1, 0.15) is 26.7 Å². The van der Waals surface area contributed by atoms with Crippen molar-refractivity contribution in [2.75, 3.05) is 13.2 Å². The highest BCUT2D eigenvalue weighted by Gasteiger charge is 2.53. The van der Waals surface area contributed by atoms with Gasteiger partial charge in [0.25, 0.3) is 0 Å². The maximum absolute atomic E-state index is 12.1. The number of hydrogen-bond donors (Lipinski definition) is 2. The van der Waals surface area contributed by atoms with Gasteiger partial charge in [0.05, 0.1) is 36.9 Å². The Morgan fingerprint density at radius 1 is 0.818 bits per heavy atom. The Labute approximate surface area is 127 Å². The molecule has 0 saturated heterocycles. The summed E-state index contributed by atoms with van der Waals surface area (Å²) in [5.74, 6) is -9.42. The number of esters is 2. The third-order valence-electron chi connectivity index (χ3n) is 3.79. The molecule has 0 aromatic rings. The molecule has 4 unspecified atom stereocenters. The summed E-state index contributed by atoms with van der Waals surface area (Å²) < 4.78 is 9.72. The van der Waals surface area contributed by atoms with Crippen LogP contribution in [0, 0.1) is 23.7 Å². The van der Waals surface area contributed by atoms with Gasteiger partial charge in [-0.15, -0.1) is 0 Å². The molecule has 0 amide bonds. The molecule has 0 aliphatic heterocycles. The summed E-state index contributed by atoms with van der Waals surface area (Å²) in [6, 6.07) is 0. The summed E-state index contributed by atoms with van der Waals surface area (Å²) in [4.78, 5) is 46.9. The normalized spacial score (nSPS) is 27.7. The molecule has 1 aliphatic carbocycles. The second-order valence-electron chi connectivity index (χ2n) is 5.02. The fraction of sp³-hybridized carbons (Fsp3) is 0.714. The van der Waals surface area contributed by atoms with Crippen molar-refractivity contribution in [1.82, 2.24) is 0 Å². The maximum atomic E-state index is 12.1. The number of rotatable bonds is 6. The van der Waals surface area contributed by atoms with Gasteiger partial charge in [0, 0.05) is 0 Å². The van der Waals surface area contributed by atoms with E-state index in [9.17, 15) is 29.4 Å². The molecule has 1 saturated carbocycles. The molecule has 22 heavy (non-hydrogen) atoms. The lowest BCUT2D eigenvalue weighted by Crippen LogP contribution is -2.49. The van der Waals surface area contributed by atoms with Crippen LogP contribution in [0.4, 0.5) is 0 Å². The van der Waals surface area contributed by atoms with Crippen LogP contribution in [0.25, 0.3) is 0 Å². The van der Waals surface area contributed by atoms with Crippen molar-refractivity contribution in [1.29, 1.82) is 0 Å². The quantitative estimate of drug-likeness (QED) is 0.680. The SMILES string of the molecule is CCOC(=O)C1CCC(C(=O)O)C(C(=O)O)C1C(=O)OCC. The minimum Gasteiger partial charge on any atom is -0.481 e. The van der Waals surface area contributed by atoms with E-state index < -0.39 is 47.5 Å². The smallest absolute Gasteiger partial charge is 0.310 e. The van der Waals surface area contributed by atoms with Crippen molar-refractivity contribution in [3.8, 4) is 0 Å². The van der Waals surface area contributed by atoms with E-state index in [2.05, 4.69) is 0 Å². The number of carboxylic acids is 2. The van der Waals surface area contributed by atoms with Crippen molar-refractivity contribution in [2.24, 2.45) is 23.7 Å². The average Bonchev–Trinajstić information content (AvgIpc) is 2.45. The summed E-state index contributed by atoms with van der Waals surface area (Å²) in [6.07, 6.45) is 0.0642. The molecule has 4 atom stereocenters. The van der Waals surface area contributed by atoms with Crippen LogP contribution in [0.15, 0.2) is 0 Å². The molecule has 0 aromatic carbocycles. The van der Waals surface area contributed by atoms with E-state index >= 15 is 0 Å². The molecule has 2 N–H and O–H groups in total. The van der Waals surface area contributed by atoms with Crippen molar-refractivity contribution >= 4 is 23.9 Å². The second kappa shape index (κ2) is 7.77. The molecule has 1 aliphatic rings. The summed E-state index contributed by atoms with van der Waals surface area (Å²) >= 11 is 0. The first-order valence-electron chi connectivity index (χ1n) is 7.13. The molecular formula is C14H20O8. The lowest BCUT2D eigenvalue weighted by atomic mass is 9.66. The summed E-state index contributed by atoms with van der Waals surface area (Å²) in [7, 11) is 0. The van der Waals surface area contributed by atoms with Crippen LogP contribution in [0.3, 0.4) is 0 Å². The molecule has 0 heterocycles. The lowest BCUT2D eigenvalue weighted by Gasteiger charge is -2.36. The average molecular weight is 316 g/mol. The van der Waals surface area contributed by atoms with Crippen molar-refractivity contribution in [2.45, 2.75) is 26.7 Å². The van der Waals surface area contributed by atoms with Crippen LogP contribution in [-0.4, -0.2) is 47.3 Å². The van der Waals surface area contributed by atoms with Crippen LogP contribution < -0.4 is 0 Å². The maximum Gasteiger partial charge on any atom is 0.310 e. The van der Waals surface area contributed by atoms with E-state index in [4.69, 9.17) is 9.47 Å². The lowest BCUT2D eigenvalue weighted by molar-refractivity contribution is -0.176. The highest BCUT2D eigenvalue weighted by Crippen LogP contribution is 2.41. The number of carbonyl (C=O) groups is 4. The Morgan fingerprint density at radius 2 is 1.32 bits per heavy atom. The van der Waals surface area contributed by atoms with E-state index in [1.165, 1.54) is 0 Å². The highest BCUT2D eigenvalue weighted by atomic mass is 16.5. The zero-order valence-corrected chi connectivity index (χ0v) is 12.5. The van der Waals surface area contributed by atoms with Crippen LogP contribution >= 0.6 is 0 Å². The van der Waals surface area contributed by atoms with Gasteiger partial charge in [0.15, 0.2) is 0 Å². The molecule has 8 heteroatoms. The Balaban J connectivity index is 3.19. The second-order valence-corrected chi connectivity index (χ2v) is 5.02. The van der Waals surface area contributed by atoms with Crippen molar-refractivity contribution < 1.29 is 38.9 Å². The monoisotopic (exact) mass is 316 g/mol. The summed E-state index contributed by atoms with van der Waals surface area (Å²) in [5, 5.41) is 18.5. The van der Waals surface area contributed by atoms with E-state index in [-0.39, 0.29) is 26.1 Å². The predicted molar refractivity (Wildman–Crippen MR) is 71.7 cm³/mol. The molecule has 1 fully saturated rings. The fourth-order valence-electron chi connectivity index (χ4n) is 2.88. The molecule has 1 rings (SSSR count). The van der Waals surface area contributed by atoms with Gasteiger partial charge in [-0.2, -0.15) is 0 Å². The van der Waals surface area contributed by atoms with E-state index in [0.29, 0.717) is 0 Å². The molecule has 0 bridgehead atoms. The van der Waals surface area contributed by atoms with Gasteiger partial charge in [0.2, 0.25) is 0 Å². The highest BCUT2D eigenvalue weighted by molar-refractivity contribution is 5.90. The fourth-order valence-corrected chi connectivity index (χ4v) is 2.88. The zero-order valence-electron chi connectivity index (χ0n) is 12.5. The first kappa shape index (κ1) is 17.9. The Morgan fingerprint density at radius 3 is 1.77 bits per heavy atom.